The van der Waals surface area contributed by atoms with Crippen LogP contribution in [0, 0.1) is 5.92 Å². The highest BCUT2D eigenvalue weighted by atomic mass is 19.4. The molecule has 0 heterocycles. The number of hydrogen-bond donors (Lipinski definition) is 4. The summed E-state index contributed by atoms with van der Waals surface area (Å²) in [5, 5.41) is 17.7. The smallest absolute Gasteiger partial charge is 0.416 e. The Morgan fingerprint density at radius 1 is 0.780 bits per heavy atom. The summed E-state index contributed by atoms with van der Waals surface area (Å²) in [6.45, 7) is 0. The van der Waals surface area contributed by atoms with Crippen LogP contribution in [0.2, 0.25) is 0 Å². The Hall–Kier alpha value is -4.29. The topological polar surface area (TPSA) is 108 Å². The van der Waals surface area contributed by atoms with Crippen LogP contribution in [0.15, 0.2) is 54.6 Å². The third-order valence-corrected chi connectivity index (χ3v) is 6.90. The summed E-state index contributed by atoms with van der Waals surface area (Å²) in [7, 11) is 0. The number of fused-ring (bicyclic) bond motifs is 1. The molecule has 4 N–H and O–H groups in total. The summed E-state index contributed by atoms with van der Waals surface area (Å²) in [4.78, 5) is 38.1. The minimum Gasteiger partial charge on any atom is -0.480 e. The zero-order valence-corrected chi connectivity index (χ0v) is 21.3. The van der Waals surface area contributed by atoms with Gasteiger partial charge in [-0.05, 0) is 59.9 Å². The van der Waals surface area contributed by atoms with Gasteiger partial charge >= 0.3 is 24.4 Å². The Labute approximate surface area is 229 Å². The molecule has 41 heavy (non-hydrogen) atoms. The van der Waals surface area contributed by atoms with Gasteiger partial charge in [-0.3, -0.25) is 4.79 Å². The molecule has 3 aromatic carbocycles. The molecule has 1 aliphatic rings. The number of nitrogens with one attached hydrogen (secondary N) is 3. The highest BCUT2D eigenvalue weighted by Gasteiger charge is 2.37. The van der Waals surface area contributed by atoms with E-state index in [1.165, 1.54) is 12.1 Å². The van der Waals surface area contributed by atoms with Gasteiger partial charge in [0.1, 0.15) is 6.04 Å². The molecule has 1 aliphatic carbocycles. The van der Waals surface area contributed by atoms with E-state index in [-0.39, 0.29) is 23.2 Å². The van der Waals surface area contributed by atoms with Crippen LogP contribution in [-0.2, 0) is 17.1 Å². The van der Waals surface area contributed by atoms with Crippen molar-refractivity contribution in [3.63, 3.8) is 0 Å². The van der Waals surface area contributed by atoms with Crippen molar-refractivity contribution < 1.29 is 45.8 Å². The SMILES string of the molecule is O=C(Nc1cc(C(F)(F)F)cc(C(F)(F)F)c1)Nc1cc2ccccc2cc1C(=O)N[C@H](C(=O)O)C1CCCCC1. The molecule has 218 valence electrons. The average Bonchev–Trinajstić information content (AvgIpc) is 2.90. The van der Waals surface area contributed by atoms with Gasteiger partial charge in [0.25, 0.3) is 5.91 Å². The Balaban J connectivity index is 1.64. The third kappa shape index (κ3) is 7.27. The number of hydrogen-bond acceptors (Lipinski definition) is 3. The summed E-state index contributed by atoms with van der Waals surface area (Å²) in [5.74, 6) is -2.33. The summed E-state index contributed by atoms with van der Waals surface area (Å²) < 4.78 is 79.3. The molecule has 0 radical (unpaired) electrons. The van der Waals surface area contributed by atoms with Gasteiger partial charge in [0.2, 0.25) is 0 Å². The fourth-order valence-corrected chi connectivity index (χ4v) is 4.91. The van der Waals surface area contributed by atoms with Gasteiger partial charge < -0.3 is 21.1 Å². The van der Waals surface area contributed by atoms with Crippen LogP contribution in [0.4, 0.5) is 42.5 Å². The Morgan fingerprint density at radius 3 is 1.88 bits per heavy atom. The first-order chi connectivity index (χ1) is 19.2. The molecule has 1 fully saturated rings. The molecule has 3 amide bonds. The van der Waals surface area contributed by atoms with Gasteiger partial charge in [-0.2, -0.15) is 26.3 Å². The first-order valence-electron chi connectivity index (χ1n) is 12.7. The van der Waals surface area contributed by atoms with E-state index < -0.39 is 53.1 Å². The summed E-state index contributed by atoms with van der Waals surface area (Å²) in [6.07, 6.45) is -6.41. The fourth-order valence-electron chi connectivity index (χ4n) is 4.91. The number of halogens is 6. The molecular weight excluding hydrogens is 556 g/mol. The molecule has 0 spiro atoms. The second-order valence-electron chi connectivity index (χ2n) is 9.81. The number of aliphatic carboxylic acids is 1. The second-order valence-corrected chi connectivity index (χ2v) is 9.81. The number of anilines is 2. The lowest BCUT2D eigenvalue weighted by molar-refractivity contribution is -0.143. The van der Waals surface area contributed by atoms with Crippen LogP contribution < -0.4 is 16.0 Å². The number of carboxylic acids is 1. The molecule has 0 aliphatic heterocycles. The van der Waals surface area contributed by atoms with E-state index >= 15 is 0 Å². The van der Waals surface area contributed by atoms with E-state index in [0.717, 1.165) is 19.3 Å². The van der Waals surface area contributed by atoms with Crippen molar-refractivity contribution >= 4 is 40.1 Å². The molecule has 4 rings (SSSR count). The quantitative estimate of drug-likeness (QED) is 0.230. The van der Waals surface area contributed by atoms with Crippen LogP contribution in [0.5, 0.6) is 0 Å². The fraction of sp³-hybridized carbons (Fsp3) is 0.321. The number of amides is 3. The Morgan fingerprint density at radius 2 is 1.34 bits per heavy atom. The number of carbonyl (C=O) groups is 3. The lowest BCUT2D eigenvalue weighted by atomic mass is 9.83. The van der Waals surface area contributed by atoms with E-state index in [1.807, 2.05) is 5.32 Å². The average molecular weight is 582 g/mol. The van der Waals surface area contributed by atoms with Crippen LogP contribution in [0.3, 0.4) is 0 Å². The van der Waals surface area contributed by atoms with Gasteiger partial charge in [0, 0.05) is 5.69 Å². The van der Waals surface area contributed by atoms with Crippen LogP contribution in [-0.4, -0.2) is 29.1 Å². The van der Waals surface area contributed by atoms with Crippen molar-refractivity contribution in [1.82, 2.24) is 5.32 Å². The van der Waals surface area contributed by atoms with E-state index in [4.69, 9.17) is 0 Å². The maximum atomic E-state index is 13.3. The maximum absolute atomic E-state index is 13.3. The number of benzene rings is 3. The number of carboxylic acid groups (broad SMARTS) is 1. The van der Waals surface area contributed by atoms with Crippen molar-refractivity contribution in [2.24, 2.45) is 5.92 Å². The van der Waals surface area contributed by atoms with Gasteiger partial charge in [0.15, 0.2) is 0 Å². The molecule has 0 saturated heterocycles. The maximum Gasteiger partial charge on any atom is 0.416 e. The molecule has 1 saturated carbocycles. The lowest BCUT2D eigenvalue weighted by Gasteiger charge is -2.28. The minimum absolute atomic E-state index is 0.0694. The molecule has 0 aromatic heterocycles. The molecule has 7 nitrogen and oxygen atoms in total. The van der Waals surface area contributed by atoms with E-state index in [9.17, 15) is 45.8 Å². The monoisotopic (exact) mass is 581 g/mol. The van der Waals surface area contributed by atoms with Crippen molar-refractivity contribution in [3.05, 3.63) is 71.3 Å². The van der Waals surface area contributed by atoms with Gasteiger partial charge in [-0.15, -0.1) is 0 Å². The first kappa shape index (κ1) is 29.7. The number of urea groups is 1. The molecule has 3 aromatic rings. The number of rotatable bonds is 6. The third-order valence-electron chi connectivity index (χ3n) is 6.90. The predicted octanol–water partition coefficient (Wildman–Crippen LogP) is 7.28. The lowest BCUT2D eigenvalue weighted by Crippen LogP contribution is -2.46. The van der Waals surface area contributed by atoms with Crippen LogP contribution in [0.1, 0.15) is 53.6 Å². The first-order valence-corrected chi connectivity index (χ1v) is 12.7. The van der Waals surface area contributed by atoms with Crippen LogP contribution in [0.25, 0.3) is 10.8 Å². The standard InChI is InChI=1S/C28H25F6N3O4/c29-27(30,31)18-12-19(28(32,33)34)14-20(13-18)35-26(41)36-22-11-17-9-5-4-8-16(17)10-21(22)24(38)37-23(25(39)40)15-6-2-1-3-7-15/h4-5,8-15,23H,1-3,6-7H2,(H,37,38)(H,39,40)(H2,35,36,41)/t23-/m0/s1. The molecule has 13 heteroatoms. The molecule has 0 bridgehead atoms. The van der Waals surface area contributed by atoms with E-state index in [2.05, 4.69) is 10.6 Å². The zero-order chi connectivity index (χ0) is 29.9. The largest absolute Gasteiger partial charge is 0.480 e. The molecule has 1 atom stereocenters. The Kier molecular flexibility index (Phi) is 8.45. The number of alkyl halides is 6. The highest BCUT2D eigenvalue weighted by Crippen LogP contribution is 2.37. The summed E-state index contributed by atoms with van der Waals surface area (Å²) in [5.41, 5.74) is -4.28. The zero-order valence-electron chi connectivity index (χ0n) is 21.3. The van der Waals surface area contributed by atoms with Crippen LogP contribution >= 0.6 is 0 Å². The van der Waals surface area contributed by atoms with Gasteiger partial charge in [-0.25, -0.2) is 9.59 Å². The van der Waals surface area contributed by atoms with Gasteiger partial charge in [-0.1, -0.05) is 43.5 Å². The summed E-state index contributed by atoms with van der Waals surface area (Å²) in [6, 6.07) is 7.73. The number of carbonyl (C=O) groups excluding carboxylic acids is 2. The molecule has 0 unspecified atom stereocenters. The Bertz CT molecular complexity index is 1430. The molecular formula is C28H25F6N3O4. The van der Waals surface area contributed by atoms with Crippen molar-refractivity contribution in [2.45, 2.75) is 50.5 Å². The van der Waals surface area contributed by atoms with E-state index in [0.29, 0.717) is 35.7 Å². The van der Waals surface area contributed by atoms with Crippen molar-refractivity contribution in [3.8, 4) is 0 Å². The van der Waals surface area contributed by atoms with Crippen molar-refractivity contribution in [1.29, 1.82) is 0 Å². The normalized spacial score (nSPS) is 15.3. The minimum atomic E-state index is -5.11. The van der Waals surface area contributed by atoms with Crippen molar-refractivity contribution in [2.75, 3.05) is 10.6 Å². The van der Waals surface area contributed by atoms with E-state index in [1.54, 1.807) is 24.3 Å². The highest BCUT2D eigenvalue weighted by molar-refractivity contribution is 6.10. The predicted molar refractivity (Wildman–Crippen MR) is 139 cm³/mol. The second kappa shape index (κ2) is 11.7. The summed E-state index contributed by atoms with van der Waals surface area (Å²) >= 11 is 0. The van der Waals surface area contributed by atoms with Gasteiger partial charge in [0.05, 0.1) is 22.4 Å².